The molecule has 0 bridgehead atoms. The summed E-state index contributed by atoms with van der Waals surface area (Å²) in [5, 5.41) is 11.4. The van der Waals surface area contributed by atoms with Crippen molar-refractivity contribution >= 4 is 12.1 Å². The van der Waals surface area contributed by atoms with Crippen LogP contribution in [0.15, 0.2) is 54.2 Å². The number of nitrogens with zero attached hydrogens (tertiary/aromatic N) is 3. The number of amides is 1. The molecule has 0 atom stereocenters. The van der Waals surface area contributed by atoms with E-state index in [1.165, 1.54) is 6.21 Å². The van der Waals surface area contributed by atoms with Crippen LogP contribution in [0.5, 0.6) is 0 Å². The first kappa shape index (κ1) is 22.2. The molecule has 0 radical (unpaired) electrons. The van der Waals surface area contributed by atoms with Gasteiger partial charge in [-0.2, -0.15) is 0 Å². The van der Waals surface area contributed by atoms with Crippen molar-refractivity contribution in [3.8, 4) is 0 Å². The lowest BCUT2D eigenvalue weighted by atomic mass is 10.2. The minimum absolute atomic E-state index is 0. The van der Waals surface area contributed by atoms with Crippen LogP contribution in [0.3, 0.4) is 0 Å². The molecule has 1 amide bonds. The highest BCUT2D eigenvalue weighted by Gasteiger charge is 2.06. The van der Waals surface area contributed by atoms with Crippen LogP contribution in [0.2, 0.25) is 0 Å². The van der Waals surface area contributed by atoms with Crippen LogP contribution in [0.4, 0.5) is 0 Å². The van der Waals surface area contributed by atoms with Crippen LogP contribution in [0, 0.1) is 0 Å². The Bertz CT molecular complexity index is 646. The molecule has 0 aliphatic heterocycles. The molecule has 0 fully saturated rings. The second-order valence-electron chi connectivity index (χ2n) is 5.01. The third-order valence-corrected chi connectivity index (χ3v) is 3.38. The summed E-state index contributed by atoms with van der Waals surface area (Å²) in [6, 6.07) is 7.27. The molecule has 0 saturated heterocycles. The zero-order valence-electron chi connectivity index (χ0n) is 13.1. The summed E-state index contributed by atoms with van der Waals surface area (Å²) in [6.07, 6.45) is 11.1. The summed E-state index contributed by atoms with van der Waals surface area (Å²) in [6.45, 7) is 1.82. The zero-order valence-corrected chi connectivity index (χ0v) is 16.2. The van der Waals surface area contributed by atoms with Gasteiger partial charge in [0.15, 0.2) is 24.8 Å². The summed E-state index contributed by atoms with van der Waals surface area (Å²) in [7, 11) is 0. The molecule has 0 aromatic carbocycles. The van der Waals surface area contributed by atoms with Crippen molar-refractivity contribution in [2.24, 2.45) is 10.9 Å². The van der Waals surface area contributed by atoms with Crippen LogP contribution >= 0.6 is 0 Å². The second-order valence-corrected chi connectivity index (χ2v) is 5.01. The van der Waals surface area contributed by atoms with Gasteiger partial charge in [0, 0.05) is 42.7 Å². The Kier molecular flexibility index (Phi) is 10.8. The van der Waals surface area contributed by atoms with Gasteiger partial charge in [0.25, 0.3) is 0 Å². The van der Waals surface area contributed by atoms with Gasteiger partial charge in [0.05, 0.1) is 11.8 Å². The smallest absolute Gasteiger partial charge is 0.249 e. The van der Waals surface area contributed by atoms with Crippen molar-refractivity contribution in [3.63, 3.8) is 0 Å². The summed E-state index contributed by atoms with van der Waals surface area (Å²) >= 11 is 0. The topological polar surface area (TPSA) is 83.4 Å². The number of carbonyl (C=O) groups is 1. The molecular formula is C16H20Br2N4O2. The van der Waals surface area contributed by atoms with Gasteiger partial charge in [-0.25, -0.2) is 9.13 Å². The molecule has 2 heterocycles. The van der Waals surface area contributed by atoms with Crippen molar-refractivity contribution < 1.29 is 53.1 Å². The lowest BCUT2D eigenvalue weighted by molar-refractivity contribution is -0.708. The third-order valence-electron chi connectivity index (χ3n) is 3.38. The number of pyridine rings is 2. The fraction of sp³-hybridized carbons (Fsp3) is 0.250. The lowest BCUT2D eigenvalue weighted by Gasteiger charge is -1.98. The number of carbonyl (C=O) groups excluding carboxylic acids is 1. The van der Waals surface area contributed by atoms with Gasteiger partial charge in [-0.15, -0.1) is 0 Å². The molecule has 0 spiro atoms. The van der Waals surface area contributed by atoms with Gasteiger partial charge in [-0.3, -0.25) is 4.79 Å². The Morgan fingerprint density at radius 2 is 1.46 bits per heavy atom. The average Bonchev–Trinajstić information content (AvgIpc) is 2.54. The number of oxime groups is 1. The van der Waals surface area contributed by atoms with Crippen molar-refractivity contribution in [1.82, 2.24) is 0 Å². The number of unbranched alkanes of at least 4 members (excludes halogenated alkanes) is 1. The molecule has 6 nitrogen and oxygen atoms in total. The molecule has 8 heteroatoms. The zero-order chi connectivity index (χ0) is 15.8. The van der Waals surface area contributed by atoms with Crippen LogP contribution in [0.1, 0.15) is 28.8 Å². The molecule has 2 aromatic rings. The Labute approximate surface area is 162 Å². The number of aromatic nitrogens is 2. The Morgan fingerprint density at radius 3 is 1.88 bits per heavy atom. The first-order valence-corrected chi connectivity index (χ1v) is 7.14. The van der Waals surface area contributed by atoms with Crippen molar-refractivity contribution in [2.45, 2.75) is 25.9 Å². The van der Waals surface area contributed by atoms with Gasteiger partial charge in [0.1, 0.15) is 13.1 Å². The van der Waals surface area contributed by atoms with Gasteiger partial charge >= 0.3 is 0 Å². The first-order valence-electron chi connectivity index (χ1n) is 7.14. The molecule has 2 aromatic heterocycles. The first-order chi connectivity index (χ1) is 10.7. The molecule has 24 heavy (non-hydrogen) atoms. The van der Waals surface area contributed by atoms with Crippen LogP contribution in [0.25, 0.3) is 0 Å². The summed E-state index contributed by atoms with van der Waals surface area (Å²) in [5.74, 6) is -0.404. The standard InChI is InChI=1S/C16H18N4O2.2BrH/c17-16(21)15-5-11-20(12-6-15)8-2-1-7-19-9-3-14(4-10-19)13-18-22;;/h3-6,9-13H,1-2,7-8H2,(H-,17,21);2*1H. The van der Waals surface area contributed by atoms with E-state index in [2.05, 4.69) is 9.72 Å². The van der Waals surface area contributed by atoms with E-state index in [1.807, 2.05) is 41.5 Å². The quantitative estimate of drug-likeness (QED) is 0.142. The number of aryl methyl sites for hydroxylation is 2. The number of hydrogen-bond acceptors (Lipinski definition) is 3. The van der Waals surface area contributed by atoms with E-state index in [9.17, 15) is 4.79 Å². The monoisotopic (exact) mass is 458 g/mol. The summed E-state index contributed by atoms with van der Waals surface area (Å²) in [4.78, 5) is 11.0. The van der Waals surface area contributed by atoms with Crippen LogP contribution in [-0.4, -0.2) is 17.3 Å². The van der Waals surface area contributed by atoms with E-state index in [1.54, 1.807) is 12.1 Å². The number of hydrogen-bond donors (Lipinski definition) is 2. The van der Waals surface area contributed by atoms with Crippen LogP contribution < -0.4 is 48.8 Å². The second kappa shape index (κ2) is 11.7. The molecule has 130 valence electrons. The van der Waals surface area contributed by atoms with Crippen molar-refractivity contribution in [2.75, 3.05) is 0 Å². The maximum atomic E-state index is 11.0. The van der Waals surface area contributed by atoms with E-state index in [-0.39, 0.29) is 34.0 Å². The molecular weight excluding hydrogens is 440 g/mol. The Morgan fingerprint density at radius 1 is 1.00 bits per heavy atom. The van der Waals surface area contributed by atoms with Gasteiger partial charge in [-0.05, 0) is 0 Å². The molecule has 0 saturated carbocycles. The highest BCUT2D eigenvalue weighted by atomic mass is 79.9. The molecule has 2 rings (SSSR count). The number of nitrogens with two attached hydrogens (primary N) is 1. The summed E-state index contributed by atoms with van der Waals surface area (Å²) in [5.41, 5.74) is 6.60. The maximum absolute atomic E-state index is 11.0. The number of rotatable bonds is 7. The van der Waals surface area contributed by atoms with E-state index in [0.717, 1.165) is 31.5 Å². The minimum atomic E-state index is -0.404. The fourth-order valence-electron chi connectivity index (χ4n) is 2.13. The maximum Gasteiger partial charge on any atom is 0.249 e. The van der Waals surface area contributed by atoms with E-state index < -0.39 is 5.91 Å². The highest BCUT2D eigenvalue weighted by molar-refractivity contribution is 5.92. The lowest BCUT2D eigenvalue weighted by Crippen LogP contribution is -3.00. The number of primary amides is 1. The largest absolute Gasteiger partial charge is 1.00 e. The van der Waals surface area contributed by atoms with Crippen LogP contribution in [-0.2, 0) is 13.1 Å². The highest BCUT2D eigenvalue weighted by Crippen LogP contribution is 1.95. The van der Waals surface area contributed by atoms with Crippen molar-refractivity contribution in [3.05, 3.63) is 60.2 Å². The number of halogens is 2. The van der Waals surface area contributed by atoms with Gasteiger partial charge < -0.3 is 44.9 Å². The normalized spacial score (nSPS) is 10.0. The van der Waals surface area contributed by atoms with E-state index in [0.29, 0.717) is 5.56 Å². The Hall–Kier alpha value is -1.80. The third kappa shape index (κ3) is 7.18. The predicted molar refractivity (Wildman–Crippen MR) is 80.4 cm³/mol. The minimum Gasteiger partial charge on any atom is -1.00 e. The average molecular weight is 460 g/mol. The molecule has 0 unspecified atom stereocenters. The van der Waals surface area contributed by atoms with Crippen molar-refractivity contribution in [1.29, 1.82) is 0 Å². The Balaban J connectivity index is 0.00000264. The van der Waals surface area contributed by atoms with Gasteiger partial charge in [0.2, 0.25) is 5.91 Å². The fourth-order valence-corrected chi connectivity index (χ4v) is 2.13. The predicted octanol–water partition coefficient (Wildman–Crippen LogP) is -5.34. The van der Waals surface area contributed by atoms with Gasteiger partial charge in [-0.1, -0.05) is 5.16 Å². The molecule has 0 aliphatic rings. The molecule has 0 aliphatic carbocycles. The van der Waals surface area contributed by atoms with E-state index in [4.69, 9.17) is 10.9 Å². The summed E-state index contributed by atoms with van der Waals surface area (Å²) < 4.78 is 4.13. The SMILES string of the molecule is NC(=O)c1cc[n+](CCCC[n+]2ccc(/C=N\O)cc2)cc1.[Br-].[Br-]. The van der Waals surface area contributed by atoms with E-state index >= 15 is 0 Å². The molecule has 3 N–H and O–H groups in total.